The zero-order valence-electron chi connectivity index (χ0n) is 15.5. The minimum Gasteiger partial charge on any atom is -0.362 e. The smallest absolute Gasteiger partial charge is 0.219 e. The van der Waals surface area contributed by atoms with Crippen molar-refractivity contribution in [2.24, 2.45) is 4.99 Å². The lowest BCUT2D eigenvalue weighted by Crippen LogP contribution is -2.53. The molecule has 0 aliphatic carbocycles. The molecule has 1 aliphatic rings. The van der Waals surface area contributed by atoms with Crippen LogP contribution in [0.25, 0.3) is 0 Å². The van der Waals surface area contributed by atoms with E-state index in [0.717, 1.165) is 50.1 Å². The first-order valence-electron chi connectivity index (χ1n) is 8.43. The molecule has 1 fully saturated rings. The van der Waals surface area contributed by atoms with E-state index in [1.54, 1.807) is 13.1 Å². The van der Waals surface area contributed by atoms with Gasteiger partial charge in [0, 0.05) is 65.5 Å². The number of carbonyl (C=O) groups excluding carboxylic acids is 1. The minimum absolute atomic E-state index is 0. The Morgan fingerprint density at radius 3 is 2.48 bits per heavy atom. The zero-order chi connectivity index (χ0) is 17.5. The molecule has 2 heterocycles. The fraction of sp³-hybridized carbons (Fsp3) is 0.588. The molecule has 0 saturated carbocycles. The molecule has 1 aliphatic heterocycles. The molecule has 1 N–H and O–H groups in total. The number of piperazine rings is 1. The molecule has 1 amide bonds. The molecule has 0 aromatic carbocycles. The average molecular weight is 460 g/mol. The summed E-state index contributed by atoms with van der Waals surface area (Å²) in [6, 6.07) is 4.00. The Hall–Kier alpha value is -1.58. The zero-order valence-corrected chi connectivity index (χ0v) is 17.9. The molecule has 0 atom stereocenters. The molecular weight excluding hydrogens is 431 g/mol. The van der Waals surface area contributed by atoms with Crippen LogP contribution in [-0.2, 0) is 11.3 Å². The van der Waals surface area contributed by atoms with Crippen LogP contribution in [0, 0.1) is 0 Å². The van der Waals surface area contributed by atoms with Crippen LogP contribution in [-0.4, -0.2) is 73.5 Å². The van der Waals surface area contributed by atoms with Gasteiger partial charge in [0.25, 0.3) is 0 Å². The van der Waals surface area contributed by atoms with Gasteiger partial charge < -0.3 is 20.0 Å². The molecule has 1 aromatic rings. The van der Waals surface area contributed by atoms with Crippen LogP contribution >= 0.6 is 24.0 Å². The summed E-state index contributed by atoms with van der Waals surface area (Å²) in [6.45, 7) is 8.19. The Kier molecular flexibility index (Phi) is 8.95. The number of aromatic nitrogens is 1. The molecular formula is C17H29IN6O. The monoisotopic (exact) mass is 460 g/mol. The van der Waals surface area contributed by atoms with Crippen molar-refractivity contribution in [1.29, 1.82) is 0 Å². The fourth-order valence-electron chi connectivity index (χ4n) is 2.78. The van der Waals surface area contributed by atoms with Crippen LogP contribution < -0.4 is 10.2 Å². The number of nitrogens with zero attached hydrogens (tertiary/aromatic N) is 5. The Bertz CT molecular complexity index is 584. The fourth-order valence-corrected chi connectivity index (χ4v) is 2.78. The SMILES string of the molecule is CCNC(=NCc1cccnc1N(C)C)N1CCN(C(C)=O)CC1.I. The van der Waals surface area contributed by atoms with Crippen molar-refractivity contribution in [3.63, 3.8) is 0 Å². The number of nitrogens with one attached hydrogen (secondary N) is 1. The van der Waals surface area contributed by atoms with E-state index in [-0.39, 0.29) is 29.9 Å². The van der Waals surface area contributed by atoms with Crippen molar-refractivity contribution in [2.45, 2.75) is 20.4 Å². The summed E-state index contributed by atoms with van der Waals surface area (Å²) in [4.78, 5) is 26.8. The van der Waals surface area contributed by atoms with Crippen LogP contribution in [0.1, 0.15) is 19.4 Å². The first-order chi connectivity index (χ1) is 11.5. The number of hydrogen-bond donors (Lipinski definition) is 1. The highest BCUT2D eigenvalue weighted by atomic mass is 127. The van der Waals surface area contributed by atoms with Gasteiger partial charge in [-0.25, -0.2) is 9.98 Å². The lowest BCUT2D eigenvalue weighted by atomic mass is 10.2. The summed E-state index contributed by atoms with van der Waals surface area (Å²) in [5.41, 5.74) is 1.10. The third kappa shape index (κ3) is 6.02. The molecule has 25 heavy (non-hydrogen) atoms. The van der Waals surface area contributed by atoms with Gasteiger partial charge in [-0.1, -0.05) is 6.07 Å². The number of rotatable bonds is 4. The third-order valence-electron chi connectivity index (χ3n) is 4.05. The molecule has 140 valence electrons. The van der Waals surface area contributed by atoms with Gasteiger partial charge in [0.1, 0.15) is 5.82 Å². The number of pyridine rings is 1. The lowest BCUT2D eigenvalue weighted by Gasteiger charge is -2.36. The molecule has 1 saturated heterocycles. The van der Waals surface area contributed by atoms with Crippen LogP contribution in [0.15, 0.2) is 23.3 Å². The number of hydrogen-bond acceptors (Lipinski definition) is 4. The quantitative estimate of drug-likeness (QED) is 0.418. The summed E-state index contributed by atoms with van der Waals surface area (Å²) >= 11 is 0. The Morgan fingerprint density at radius 1 is 1.28 bits per heavy atom. The van der Waals surface area contributed by atoms with E-state index < -0.39 is 0 Å². The molecule has 2 rings (SSSR count). The second-order valence-electron chi connectivity index (χ2n) is 6.04. The molecule has 7 nitrogen and oxygen atoms in total. The predicted octanol–water partition coefficient (Wildman–Crippen LogP) is 1.40. The predicted molar refractivity (Wildman–Crippen MR) is 113 cm³/mol. The standard InChI is InChI=1S/C17H28N6O.HI/c1-5-18-17(23-11-9-22(10-12-23)14(2)24)20-13-15-7-6-8-19-16(15)21(3)4;/h6-8H,5,9-13H2,1-4H3,(H,18,20);1H. The number of guanidine groups is 1. The Balaban J connectivity index is 0.00000312. The van der Waals surface area contributed by atoms with E-state index in [1.807, 2.05) is 30.0 Å². The highest BCUT2D eigenvalue weighted by Gasteiger charge is 2.20. The van der Waals surface area contributed by atoms with E-state index >= 15 is 0 Å². The topological polar surface area (TPSA) is 64.1 Å². The van der Waals surface area contributed by atoms with Gasteiger partial charge in [-0.05, 0) is 13.0 Å². The Labute approximate surface area is 167 Å². The third-order valence-corrected chi connectivity index (χ3v) is 4.05. The first-order valence-corrected chi connectivity index (χ1v) is 8.43. The van der Waals surface area contributed by atoms with E-state index in [1.165, 1.54) is 0 Å². The van der Waals surface area contributed by atoms with E-state index in [4.69, 9.17) is 4.99 Å². The summed E-state index contributed by atoms with van der Waals surface area (Å²) in [6.07, 6.45) is 1.80. The number of carbonyl (C=O) groups is 1. The second-order valence-corrected chi connectivity index (χ2v) is 6.04. The van der Waals surface area contributed by atoms with E-state index in [0.29, 0.717) is 6.54 Å². The molecule has 0 radical (unpaired) electrons. The van der Waals surface area contributed by atoms with Crippen molar-refractivity contribution in [2.75, 3.05) is 51.7 Å². The van der Waals surface area contributed by atoms with E-state index in [2.05, 4.69) is 28.2 Å². The van der Waals surface area contributed by atoms with Crippen molar-refractivity contribution in [3.8, 4) is 0 Å². The molecule has 1 aromatic heterocycles. The van der Waals surface area contributed by atoms with Crippen LogP contribution in [0.3, 0.4) is 0 Å². The normalized spacial score (nSPS) is 14.8. The lowest BCUT2D eigenvalue weighted by molar-refractivity contribution is -0.130. The summed E-state index contributed by atoms with van der Waals surface area (Å²) in [5.74, 6) is 1.98. The molecule has 0 unspecified atom stereocenters. The maximum atomic E-state index is 11.5. The van der Waals surface area contributed by atoms with Gasteiger partial charge in [-0.2, -0.15) is 0 Å². The van der Waals surface area contributed by atoms with Gasteiger partial charge in [-0.15, -0.1) is 24.0 Å². The summed E-state index contributed by atoms with van der Waals surface area (Å²) < 4.78 is 0. The van der Waals surface area contributed by atoms with Gasteiger partial charge in [-0.3, -0.25) is 4.79 Å². The maximum absolute atomic E-state index is 11.5. The van der Waals surface area contributed by atoms with Crippen molar-refractivity contribution in [3.05, 3.63) is 23.9 Å². The van der Waals surface area contributed by atoms with E-state index in [9.17, 15) is 4.79 Å². The van der Waals surface area contributed by atoms with Crippen LogP contribution in [0.5, 0.6) is 0 Å². The first kappa shape index (κ1) is 21.5. The number of amides is 1. The van der Waals surface area contributed by atoms with Crippen molar-refractivity contribution >= 4 is 41.7 Å². The summed E-state index contributed by atoms with van der Waals surface area (Å²) in [5, 5.41) is 3.35. The molecule has 0 spiro atoms. The van der Waals surface area contributed by atoms with Gasteiger partial charge in [0.05, 0.1) is 6.54 Å². The van der Waals surface area contributed by atoms with Crippen molar-refractivity contribution in [1.82, 2.24) is 20.1 Å². The Morgan fingerprint density at radius 2 is 1.92 bits per heavy atom. The minimum atomic E-state index is 0. The number of anilines is 1. The summed E-state index contributed by atoms with van der Waals surface area (Å²) in [7, 11) is 3.98. The average Bonchev–Trinajstić information content (AvgIpc) is 2.59. The molecule has 0 bridgehead atoms. The number of halogens is 1. The van der Waals surface area contributed by atoms with Crippen LogP contribution in [0.4, 0.5) is 5.82 Å². The van der Waals surface area contributed by atoms with Gasteiger partial charge in [0.15, 0.2) is 5.96 Å². The molecule has 8 heteroatoms. The maximum Gasteiger partial charge on any atom is 0.219 e. The highest BCUT2D eigenvalue weighted by Crippen LogP contribution is 2.15. The van der Waals surface area contributed by atoms with Gasteiger partial charge in [0.2, 0.25) is 5.91 Å². The highest BCUT2D eigenvalue weighted by molar-refractivity contribution is 14.0. The number of aliphatic imine (C=N–C) groups is 1. The van der Waals surface area contributed by atoms with Crippen molar-refractivity contribution < 1.29 is 4.79 Å². The van der Waals surface area contributed by atoms with Gasteiger partial charge >= 0.3 is 0 Å². The van der Waals surface area contributed by atoms with Crippen LogP contribution in [0.2, 0.25) is 0 Å². The second kappa shape index (κ2) is 10.4. The largest absolute Gasteiger partial charge is 0.362 e.